The van der Waals surface area contributed by atoms with Gasteiger partial charge in [0.25, 0.3) is 11.4 Å². The first kappa shape index (κ1) is 14.2. The maximum atomic E-state index is 11.0. The van der Waals surface area contributed by atoms with Crippen LogP contribution in [0.2, 0.25) is 0 Å². The van der Waals surface area contributed by atoms with Gasteiger partial charge in [0, 0.05) is 12.1 Å². The van der Waals surface area contributed by atoms with Crippen LogP contribution in [0.3, 0.4) is 0 Å². The molecule has 7 nitrogen and oxygen atoms in total. The van der Waals surface area contributed by atoms with E-state index in [1.165, 1.54) is 25.0 Å². The molecule has 0 aliphatic heterocycles. The SMILES string of the molecule is CC(Nc1ccc([N+](=O)[O-])cc1[N+](=O)[O-])C1CCCC1. The third kappa shape index (κ3) is 3.04. The van der Waals surface area contributed by atoms with E-state index in [1.807, 2.05) is 6.92 Å². The summed E-state index contributed by atoms with van der Waals surface area (Å²) in [6, 6.07) is 3.83. The van der Waals surface area contributed by atoms with Crippen LogP contribution in [0.5, 0.6) is 0 Å². The van der Waals surface area contributed by atoms with Gasteiger partial charge in [-0.2, -0.15) is 0 Å². The maximum Gasteiger partial charge on any atom is 0.299 e. The fourth-order valence-corrected chi connectivity index (χ4v) is 2.73. The van der Waals surface area contributed by atoms with Crippen molar-refractivity contribution in [1.82, 2.24) is 0 Å². The lowest BCUT2D eigenvalue weighted by Gasteiger charge is -2.21. The van der Waals surface area contributed by atoms with Gasteiger partial charge in [0.2, 0.25) is 0 Å². The maximum absolute atomic E-state index is 11.0. The van der Waals surface area contributed by atoms with Crippen LogP contribution in [0.15, 0.2) is 18.2 Å². The van der Waals surface area contributed by atoms with E-state index in [1.54, 1.807) is 0 Å². The van der Waals surface area contributed by atoms with Gasteiger partial charge in [-0.15, -0.1) is 0 Å². The second kappa shape index (κ2) is 5.85. The van der Waals surface area contributed by atoms with Gasteiger partial charge in [-0.25, -0.2) is 0 Å². The highest BCUT2D eigenvalue weighted by molar-refractivity contribution is 5.65. The summed E-state index contributed by atoms with van der Waals surface area (Å²) in [7, 11) is 0. The van der Waals surface area contributed by atoms with E-state index in [9.17, 15) is 20.2 Å². The van der Waals surface area contributed by atoms with Gasteiger partial charge in [-0.3, -0.25) is 20.2 Å². The minimum atomic E-state index is -0.628. The fourth-order valence-electron chi connectivity index (χ4n) is 2.73. The van der Waals surface area contributed by atoms with Gasteiger partial charge >= 0.3 is 0 Å². The van der Waals surface area contributed by atoms with Crippen molar-refractivity contribution in [2.24, 2.45) is 5.92 Å². The minimum absolute atomic E-state index is 0.123. The van der Waals surface area contributed by atoms with E-state index in [2.05, 4.69) is 5.32 Å². The van der Waals surface area contributed by atoms with E-state index < -0.39 is 9.85 Å². The van der Waals surface area contributed by atoms with Gasteiger partial charge in [0.15, 0.2) is 0 Å². The zero-order valence-corrected chi connectivity index (χ0v) is 11.2. The quantitative estimate of drug-likeness (QED) is 0.657. The van der Waals surface area contributed by atoms with Crippen LogP contribution in [-0.2, 0) is 0 Å². The monoisotopic (exact) mass is 279 g/mol. The number of benzene rings is 1. The summed E-state index contributed by atoms with van der Waals surface area (Å²) in [6.07, 6.45) is 4.63. The molecule has 7 heteroatoms. The van der Waals surface area contributed by atoms with Crippen molar-refractivity contribution in [1.29, 1.82) is 0 Å². The molecule has 20 heavy (non-hydrogen) atoms. The molecule has 0 aromatic heterocycles. The largest absolute Gasteiger partial charge is 0.377 e. The van der Waals surface area contributed by atoms with E-state index in [0.29, 0.717) is 11.6 Å². The molecule has 1 saturated carbocycles. The van der Waals surface area contributed by atoms with Crippen LogP contribution < -0.4 is 5.32 Å². The highest BCUT2D eigenvalue weighted by Gasteiger charge is 2.25. The number of anilines is 1. The number of rotatable bonds is 5. The average Bonchev–Trinajstić information content (AvgIpc) is 2.92. The number of nitrogens with one attached hydrogen (secondary N) is 1. The topological polar surface area (TPSA) is 98.3 Å². The van der Waals surface area contributed by atoms with Crippen LogP contribution in [0.1, 0.15) is 32.6 Å². The molecule has 1 aliphatic carbocycles. The molecule has 0 heterocycles. The number of non-ortho nitro benzene ring substituents is 1. The summed E-state index contributed by atoms with van der Waals surface area (Å²) in [5, 5.41) is 24.9. The second-order valence-corrected chi connectivity index (χ2v) is 5.19. The number of hydrogen-bond donors (Lipinski definition) is 1. The Morgan fingerprint density at radius 1 is 1.20 bits per heavy atom. The molecular formula is C13H17N3O4. The summed E-state index contributed by atoms with van der Waals surface area (Å²) in [4.78, 5) is 20.5. The Morgan fingerprint density at radius 3 is 2.40 bits per heavy atom. The molecule has 1 unspecified atom stereocenters. The van der Waals surface area contributed by atoms with Crippen LogP contribution in [0.25, 0.3) is 0 Å². The first-order valence-corrected chi connectivity index (χ1v) is 6.68. The summed E-state index contributed by atoms with van der Waals surface area (Å²) in [5.74, 6) is 0.504. The van der Waals surface area contributed by atoms with Crippen molar-refractivity contribution < 1.29 is 9.85 Å². The summed E-state index contributed by atoms with van der Waals surface area (Å²) < 4.78 is 0. The molecule has 0 spiro atoms. The third-order valence-electron chi connectivity index (χ3n) is 3.88. The number of nitrogens with zero attached hydrogens (tertiary/aromatic N) is 2. The average molecular weight is 279 g/mol. The molecule has 0 saturated heterocycles. The van der Waals surface area contributed by atoms with Crippen LogP contribution in [-0.4, -0.2) is 15.9 Å². The van der Waals surface area contributed by atoms with Crippen molar-refractivity contribution in [3.05, 3.63) is 38.4 Å². The van der Waals surface area contributed by atoms with Crippen molar-refractivity contribution in [3.63, 3.8) is 0 Å². The summed E-state index contributed by atoms with van der Waals surface area (Å²) in [6.45, 7) is 2.00. The van der Waals surface area contributed by atoms with E-state index in [-0.39, 0.29) is 17.4 Å². The summed E-state index contributed by atoms with van der Waals surface area (Å²) >= 11 is 0. The molecule has 1 aromatic carbocycles. The smallest absolute Gasteiger partial charge is 0.299 e. The van der Waals surface area contributed by atoms with Crippen LogP contribution in [0.4, 0.5) is 17.1 Å². The Kier molecular flexibility index (Phi) is 4.16. The minimum Gasteiger partial charge on any atom is -0.377 e. The molecular weight excluding hydrogens is 262 g/mol. The fraction of sp³-hybridized carbons (Fsp3) is 0.538. The lowest BCUT2D eigenvalue weighted by molar-refractivity contribution is -0.393. The van der Waals surface area contributed by atoms with Crippen molar-refractivity contribution in [2.75, 3.05) is 5.32 Å². The van der Waals surface area contributed by atoms with Crippen molar-refractivity contribution in [2.45, 2.75) is 38.6 Å². The molecule has 1 N–H and O–H groups in total. The molecule has 108 valence electrons. The molecule has 0 amide bonds. The summed E-state index contributed by atoms with van der Waals surface area (Å²) in [5.41, 5.74) is -0.167. The standard InChI is InChI=1S/C13H17N3O4/c1-9(10-4-2-3-5-10)14-12-7-6-11(15(17)18)8-13(12)16(19)20/h6-10,14H,2-5H2,1H3. The van der Waals surface area contributed by atoms with Crippen LogP contribution in [0, 0.1) is 26.1 Å². The molecule has 2 rings (SSSR count). The molecule has 1 aromatic rings. The van der Waals surface area contributed by atoms with E-state index in [0.717, 1.165) is 18.9 Å². The predicted octanol–water partition coefficient (Wildman–Crippen LogP) is 3.49. The lowest BCUT2D eigenvalue weighted by atomic mass is 9.99. The Hall–Kier alpha value is -2.18. The van der Waals surface area contributed by atoms with E-state index in [4.69, 9.17) is 0 Å². The molecule has 1 atom stereocenters. The number of hydrogen-bond acceptors (Lipinski definition) is 5. The Morgan fingerprint density at radius 2 is 1.85 bits per heavy atom. The number of nitro benzene ring substituents is 2. The zero-order chi connectivity index (χ0) is 14.7. The second-order valence-electron chi connectivity index (χ2n) is 5.19. The van der Waals surface area contributed by atoms with Gasteiger partial charge in [0.05, 0.1) is 15.9 Å². The normalized spacial score (nSPS) is 16.9. The van der Waals surface area contributed by atoms with Gasteiger partial charge in [0.1, 0.15) is 5.69 Å². The zero-order valence-electron chi connectivity index (χ0n) is 11.2. The molecule has 0 radical (unpaired) electrons. The lowest BCUT2D eigenvalue weighted by Crippen LogP contribution is -2.24. The first-order chi connectivity index (χ1) is 9.49. The molecule has 1 aliphatic rings. The Bertz CT molecular complexity index is 526. The first-order valence-electron chi connectivity index (χ1n) is 6.68. The van der Waals surface area contributed by atoms with Crippen LogP contribution >= 0.6 is 0 Å². The van der Waals surface area contributed by atoms with E-state index >= 15 is 0 Å². The predicted molar refractivity (Wildman–Crippen MR) is 74.8 cm³/mol. The van der Waals surface area contributed by atoms with Gasteiger partial charge < -0.3 is 5.32 Å². The Labute approximate surface area is 116 Å². The number of nitro groups is 2. The van der Waals surface area contributed by atoms with Gasteiger partial charge in [-0.1, -0.05) is 12.8 Å². The third-order valence-corrected chi connectivity index (χ3v) is 3.88. The molecule has 1 fully saturated rings. The Balaban J connectivity index is 2.21. The van der Waals surface area contributed by atoms with Gasteiger partial charge in [-0.05, 0) is 31.7 Å². The van der Waals surface area contributed by atoms with Crippen molar-refractivity contribution in [3.8, 4) is 0 Å². The highest BCUT2D eigenvalue weighted by atomic mass is 16.6. The molecule has 0 bridgehead atoms. The van der Waals surface area contributed by atoms with Crippen molar-refractivity contribution >= 4 is 17.1 Å². The highest BCUT2D eigenvalue weighted by Crippen LogP contribution is 2.33.